The standard InChI is InChI=1S/C17H17BrFNO/c1-10-4-5-11(2)14(8-10)12(3)20-17(21)13-6-7-16(19)15(18)9-13/h4-9,12H,1-3H3,(H,20,21). The number of aryl methyl sites for hydroxylation is 2. The molecule has 2 aromatic carbocycles. The van der Waals surface area contributed by atoms with E-state index < -0.39 is 0 Å². The van der Waals surface area contributed by atoms with Crippen LogP contribution in [0.1, 0.15) is 40.0 Å². The number of carbonyl (C=O) groups is 1. The highest BCUT2D eigenvalue weighted by atomic mass is 79.9. The van der Waals surface area contributed by atoms with Crippen molar-refractivity contribution >= 4 is 21.8 Å². The van der Waals surface area contributed by atoms with E-state index in [0.717, 1.165) is 16.7 Å². The number of benzene rings is 2. The van der Waals surface area contributed by atoms with E-state index in [2.05, 4.69) is 27.3 Å². The fraction of sp³-hybridized carbons (Fsp3) is 0.235. The molecule has 0 spiro atoms. The summed E-state index contributed by atoms with van der Waals surface area (Å²) in [5.41, 5.74) is 3.81. The van der Waals surface area contributed by atoms with E-state index in [9.17, 15) is 9.18 Å². The Kier molecular flexibility index (Phi) is 4.78. The monoisotopic (exact) mass is 349 g/mol. The lowest BCUT2D eigenvalue weighted by Gasteiger charge is -2.17. The summed E-state index contributed by atoms with van der Waals surface area (Å²) in [6.45, 7) is 5.98. The van der Waals surface area contributed by atoms with Crippen molar-refractivity contribution in [3.8, 4) is 0 Å². The molecule has 110 valence electrons. The van der Waals surface area contributed by atoms with Crippen molar-refractivity contribution in [2.45, 2.75) is 26.8 Å². The summed E-state index contributed by atoms with van der Waals surface area (Å²) in [7, 11) is 0. The lowest BCUT2D eigenvalue weighted by atomic mass is 10.00. The number of hydrogen-bond acceptors (Lipinski definition) is 1. The number of amides is 1. The first-order valence-electron chi connectivity index (χ1n) is 6.71. The van der Waals surface area contributed by atoms with Gasteiger partial charge in [-0.15, -0.1) is 0 Å². The summed E-state index contributed by atoms with van der Waals surface area (Å²) in [5, 5.41) is 2.94. The number of nitrogens with one attached hydrogen (secondary N) is 1. The largest absolute Gasteiger partial charge is 0.346 e. The van der Waals surface area contributed by atoms with Crippen molar-refractivity contribution in [2.75, 3.05) is 0 Å². The third-order valence-electron chi connectivity index (χ3n) is 3.43. The van der Waals surface area contributed by atoms with Gasteiger partial charge in [-0.05, 0) is 66.0 Å². The van der Waals surface area contributed by atoms with Crippen LogP contribution in [0.5, 0.6) is 0 Å². The number of rotatable bonds is 3. The Hall–Kier alpha value is -1.68. The van der Waals surface area contributed by atoms with Crippen molar-refractivity contribution < 1.29 is 9.18 Å². The molecule has 0 heterocycles. The first-order chi connectivity index (χ1) is 9.88. The summed E-state index contributed by atoms with van der Waals surface area (Å²) in [4.78, 5) is 12.2. The summed E-state index contributed by atoms with van der Waals surface area (Å²) in [6, 6.07) is 10.3. The lowest BCUT2D eigenvalue weighted by Crippen LogP contribution is -2.27. The molecule has 1 atom stereocenters. The molecule has 0 aliphatic carbocycles. The molecule has 1 amide bonds. The first kappa shape index (κ1) is 15.7. The summed E-state index contributed by atoms with van der Waals surface area (Å²) in [6.07, 6.45) is 0. The predicted molar refractivity (Wildman–Crippen MR) is 85.9 cm³/mol. The molecule has 0 saturated carbocycles. The second kappa shape index (κ2) is 6.39. The zero-order valence-electron chi connectivity index (χ0n) is 12.2. The molecule has 2 nitrogen and oxygen atoms in total. The van der Waals surface area contributed by atoms with Gasteiger partial charge in [0.25, 0.3) is 5.91 Å². The minimum atomic E-state index is -0.380. The van der Waals surface area contributed by atoms with E-state index in [1.165, 1.54) is 18.2 Å². The Bertz CT molecular complexity index is 684. The van der Waals surface area contributed by atoms with Crippen LogP contribution < -0.4 is 5.32 Å². The Morgan fingerprint density at radius 3 is 2.57 bits per heavy atom. The molecule has 2 aromatic rings. The van der Waals surface area contributed by atoms with Crippen molar-refractivity contribution in [2.24, 2.45) is 0 Å². The summed E-state index contributed by atoms with van der Waals surface area (Å²) in [5.74, 6) is -0.599. The third kappa shape index (κ3) is 3.70. The van der Waals surface area contributed by atoms with E-state index in [4.69, 9.17) is 0 Å². The van der Waals surface area contributed by atoms with Gasteiger partial charge in [0.1, 0.15) is 5.82 Å². The van der Waals surface area contributed by atoms with Crippen LogP contribution in [0.2, 0.25) is 0 Å². The fourth-order valence-corrected chi connectivity index (χ4v) is 2.60. The maximum absolute atomic E-state index is 13.2. The molecule has 1 unspecified atom stereocenters. The van der Waals surface area contributed by atoms with E-state index >= 15 is 0 Å². The Labute approximate surface area is 132 Å². The zero-order valence-corrected chi connectivity index (χ0v) is 13.8. The Morgan fingerprint density at radius 1 is 1.19 bits per heavy atom. The maximum Gasteiger partial charge on any atom is 0.251 e. The molecule has 0 radical (unpaired) electrons. The summed E-state index contributed by atoms with van der Waals surface area (Å²) >= 11 is 3.09. The minimum absolute atomic E-state index is 0.110. The average Bonchev–Trinajstić information content (AvgIpc) is 2.44. The highest BCUT2D eigenvalue weighted by Gasteiger charge is 2.14. The van der Waals surface area contributed by atoms with Gasteiger partial charge in [-0.25, -0.2) is 4.39 Å². The maximum atomic E-state index is 13.2. The normalized spacial score (nSPS) is 12.0. The van der Waals surface area contributed by atoms with Gasteiger partial charge in [0, 0.05) is 5.56 Å². The Balaban J connectivity index is 2.18. The van der Waals surface area contributed by atoms with E-state index in [1.807, 2.05) is 32.9 Å². The van der Waals surface area contributed by atoms with Gasteiger partial charge in [0.2, 0.25) is 0 Å². The summed E-state index contributed by atoms with van der Waals surface area (Å²) < 4.78 is 13.5. The van der Waals surface area contributed by atoms with E-state index in [1.54, 1.807) is 0 Å². The second-order valence-corrected chi connectivity index (χ2v) is 6.04. The van der Waals surface area contributed by atoms with Crippen LogP contribution in [-0.4, -0.2) is 5.91 Å². The van der Waals surface area contributed by atoms with Crippen molar-refractivity contribution in [3.63, 3.8) is 0 Å². The molecule has 0 aliphatic heterocycles. The van der Waals surface area contributed by atoms with Crippen molar-refractivity contribution in [1.29, 1.82) is 0 Å². The van der Waals surface area contributed by atoms with Gasteiger partial charge in [-0.3, -0.25) is 4.79 Å². The van der Waals surface area contributed by atoms with Gasteiger partial charge in [-0.1, -0.05) is 23.8 Å². The Morgan fingerprint density at radius 2 is 1.90 bits per heavy atom. The molecule has 2 rings (SSSR count). The van der Waals surface area contributed by atoms with Crippen LogP contribution in [0, 0.1) is 19.7 Å². The van der Waals surface area contributed by atoms with E-state index in [0.29, 0.717) is 5.56 Å². The highest BCUT2D eigenvalue weighted by molar-refractivity contribution is 9.10. The quantitative estimate of drug-likeness (QED) is 0.855. The average molecular weight is 350 g/mol. The van der Waals surface area contributed by atoms with Crippen LogP contribution >= 0.6 is 15.9 Å². The van der Waals surface area contributed by atoms with Gasteiger partial charge in [0.15, 0.2) is 0 Å². The number of halogens is 2. The predicted octanol–water partition coefficient (Wildman–Crippen LogP) is 4.70. The fourth-order valence-electron chi connectivity index (χ4n) is 2.22. The molecule has 0 aliphatic rings. The second-order valence-electron chi connectivity index (χ2n) is 5.18. The number of hydrogen-bond donors (Lipinski definition) is 1. The molecule has 0 aromatic heterocycles. The van der Waals surface area contributed by atoms with Gasteiger partial charge >= 0.3 is 0 Å². The SMILES string of the molecule is Cc1ccc(C)c(C(C)NC(=O)c2ccc(F)c(Br)c2)c1. The van der Waals surface area contributed by atoms with Crippen molar-refractivity contribution in [3.05, 3.63) is 68.9 Å². The topological polar surface area (TPSA) is 29.1 Å². The minimum Gasteiger partial charge on any atom is -0.346 e. The molecular formula is C17H17BrFNO. The third-order valence-corrected chi connectivity index (χ3v) is 4.04. The van der Waals surface area contributed by atoms with Crippen LogP contribution in [0.3, 0.4) is 0 Å². The number of carbonyl (C=O) groups excluding carboxylic acids is 1. The zero-order chi connectivity index (χ0) is 15.6. The van der Waals surface area contributed by atoms with Gasteiger partial charge in [0.05, 0.1) is 10.5 Å². The van der Waals surface area contributed by atoms with Crippen LogP contribution in [0.25, 0.3) is 0 Å². The lowest BCUT2D eigenvalue weighted by molar-refractivity contribution is 0.0939. The van der Waals surface area contributed by atoms with Crippen LogP contribution in [0.15, 0.2) is 40.9 Å². The van der Waals surface area contributed by atoms with Crippen molar-refractivity contribution in [1.82, 2.24) is 5.32 Å². The molecule has 21 heavy (non-hydrogen) atoms. The van der Waals surface area contributed by atoms with E-state index in [-0.39, 0.29) is 22.2 Å². The van der Waals surface area contributed by atoms with Crippen LogP contribution in [0.4, 0.5) is 4.39 Å². The molecule has 4 heteroatoms. The van der Waals surface area contributed by atoms with Crippen LogP contribution in [-0.2, 0) is 0 Å². The molecule has 0 saturated heterocycles. The molecule has 1 N–H and O–H groups in total. The molecule has 0 bridgehead atoms. The smallest absolute Gasteiger partial charge is 0.251 e. The molecule has 0 fully saturated rings. The first-order valence-corrected chi connectivity index (χ1v) is 7.51. The molecular weight excluding hydrogens is 333 g/mol. The highest BCUT2D eigenvalue weighted by Crippen LogP contribution is 2.21. The van der Waals surface area contributed by atoms with Gasteiger partial charge < -0.3 is 5.32 Å². The van der Waals surface area contributed by atoms with Gasteiger partial charge in [-0.2, -0.15) is 0 Å².